The number of hydrogen-bond acceptors (Lipinski definition) is 4. The number of rotatable bonds is 4. The van der Waals surface area contributed by atoms with E-state index in [1.165, 1.54) is 18.6 Å². The summed E-state index contributed by atoms with van der Waals surface area (Å²) in [6.07, 6.45) is 3.92. The molecule has 0 aliphatic rings. The van der Waals surface area contributed by atoms with Crippen LogP contribution in [-0.4, -0.2) is 23.7 Å². The molecule has 0 atom stereocenters. The highest BCUT2D eigenvalue weighted by Gasteiger charge is 2.18. The Morgan fingerprint density at radius 2 is 2.33 bits per heavy atom. The summed E-state index contributed by atoms with van der Waals surface area (Å²) in [5.74, 6) is -2.18. The zero-order valence-corrected chi connectivity index (χ0v) is 8.10. The Balaban J connectivity index is 2.92. The molecule has 0 saturated carbocycles. The van der Waals surface area contributed by atoms with Crippen LogP contribution in [0.15, 0.2) is 28.6 Å². The predicted molar refractivity (Wildman–Crippen MR) is 51.0 cm³/mol. The molecule has 1 aromatic heterocycles. The largest absolute Gasteiger partial charge is 0.477 e. The first-order valence-corrected chi connectivity index (χ1v) is 4.29. The van der Waals surface area contributed by atoms with E-state index in [0.29, 0.717) is 5.56 Å². The van der Waals surface area contributed by atoms with Crippen molar-refractivity contribution in [3.05, 3.63) is 29.7 Å². The van der Waals surface area contributed by atoms with E-state index in [0.717, 1.165) is 0 Å². The molecule has 15 heavy (non-hydrogen) atoms. The van der Waals surface area contributed by atoms with Crippen LogP contribution in [0.1, 0.15) is 12.5 Å². The second-order valence-corrected chi connectivity index (χ2v) is 2.64. The van der Waals surface area contributed by atoms with Crippen molar-refractivity contribution in [1.29, 1.82) is 0 Å². The van der Waals surface area contributed by atoms with Gasteiger partial charge in [0.15, 0.2) is 0 Å². The fourth-order valence-corrected chi connectivity index (χ4v) is 0.941. The van der Waals surface area contributed by atoms with Crippen LogP contribution in [0.5, 0.6) is 0 Å². The average molecular weight is 210 g/mol. The van der Waals surface area contributed by atoms with E-state index in [9.17, 15) is 9.59 Å². The second kappa shape index (κ2) is 4.99. The maximum atomic E-state index is 11.2. The van der Waals surface area contributed by atoms with Gasteiger partial charge in [-0.2, -0.15) is 0 Å². The van der Waals surface area contributed by atoms with Crippen LogP contribution < -0.4 is 0 Å². The van der Waals surface area contributed by atoms with Crippen LogP contribution in [0.2, 0.25) is 0 Å². The molecule has 1 heterocycles. The zero-order chi connectivity index (χ0) is 11.3. The van der Waals surface area contributed by atoms with Crippen LogP contribution in [0.4, 0.5) is 0 Å². The second-order valence-electron chi connectivity index (χ2n) is 2.64. The number of carbonyl (C=O) groups is 2. The summed E-state index contributed by atoms with van der Waals surface area (Å²) >= 11 is 0. The number of carbonyl (C=O) groups excluding carboxylic acids is 1. The molecule has 1 aromatic rings. The fraction of sp³-hybridized carbons (Fsp3) is 0.200. The molecule has 0 fully saturated rings. The summed E-state index contributed by atoms with van der Waals surface area (Å²) in [4.78, 5) is 22.0. The van der Waals surface area contributed by atoms with Crippen LogP contribution in [0, 0.1) is 0 Å². The first-order valence-electron chi connectivity index (χ1n) is 4.29. The number of hydrogen-bond donors (Lipinski definition) is 1. The number of esters is 1. The minimum Gasteiger partial charge on any atom is -0.477 e. The Hall–Kier alpha value is -2.04. The fourth-order valence-electron chi connectivity index (χ4n) is 0.941. The van der Waals surface area contributed by atoms with Crippen molar-refractivity contribution in [2.75, 3.05) is 6.61 Å². The summed E-state index contributed by atoms with van der Waals surface area (Å²) in [6, 6.07) is 1.54. The van der Waals surface area contributed by atoms with E-state index in [1.807, 2.05) is 0 Å². The van der Waals surface area contributed by atoms with Crippen LogP contribution >= 0.6 is 0 Å². The van der Waals surface area contributed by atoms with Crippen molar-refractivity contribution in [1.82, 2.24) is 0 Å². The topological polar surface area (TPSA) is 76.7 Å². The van der Waals surface area contributed by atoms with Gasteiger partial charge in [-0.1, -0.05) is 0 Å². The average Bonchev–Trinajstić information content (AvgIpc) is 2.66. The first kappa shape index (κ1) is 11.0. The SMILES string of the molecule is CCOC(=O)/C(=C/c1ccoc1)C(=O)O. The van der Waals surface area contributed by atoms with E-state index < -0.39 is 17.5 Å². The summed E-state index contributed by atoms with van der Waals surface area (Å²) in [5, 5.41) is 8.77. The molecule has 0 amide bonds. The number of furan rings is 1. The van der Waals surface area contributed by atoms with Gasteiger partial charge in [0.1, 0.15) is 5.57 Å². The molecule has 5 nitrogen and oxygen atoms in total. The van der Waals surface area contributed by atoms with Crippen molar-refractivity contribution in [2.24, 2.45) is 0 Å². The van der Waals surface area contributed by atoms with Gasteiger partial charge in [-0.25, -0.2) is 9.59 Å². The van der Waals surface area contributed by atoms with Gasteiger partial charge in [0.2, 0.25) is 0 Å². The maximum Gasteiger partial charge on any atom is 0.345 e. The summed E-state index contributed by atoms with van der Waals surface area (Å²) in [6.45, 7) is 1.74. The van der Waals surface area contributed by atoms with E-state index >= 15 is 0 Å². The van der Waals surface area contributed by atoms with Gasteiger partial charge in [0.25, 0.3) is 0 Å². The van der Waals surface area contributed by atoms with Crippen LogP contribution in [-0.2, 0) is 14.3 Å². The number of carboxylic acid groups (broad SMARTS) is 1. The Labute approximate surface area is 86.0 Å². The molecule has 0 radical (unpaired) electrons. The molecule has 0 saturated heterocycles. The van der Waals surface area contributed by atoms with Crippen molar-refractivity contribution in [3.8, 4) is 0 Å². The normalized spacial score (nSPS) is 11.1. The van der Waals surface area contributed by atoms with E-state index in [4.69, 9.17) is 9.52 Å². The Kier molecular flexibility index (Phi) is 3.68. The van der Waals surface area contributed by atoms with Crippen molar-refractivity contribution < 1.29 is 23.8 Å². The highest BCUT2D eigenvalue weighted by Crippen LogP contribution is 2.09. The molecule has 5 heteroatoms. The molecule has 80 valence electrons. The summed E-state index contributed by atoms with van der Waals surface area (Å²) < 4.78 is 9.34. The molecule has 0 aliphatic heterocycles. The van der Waals surface area contributed by atoms with Gasteiger partial charge in [0, 0.05) is 5.56 Å². The lowest BCUT2D eigenvalue weighted by Crippen LogP contribution is -2.15. The van der Waals surface area contributed by atoms with Crippen LogP contribution in [0.3, 0.4) is 0 Å². The Morgan fingerprint density at radius 3 is 2.80 bits per heavy atom. The summed E-state index contributed by atoms with van der Waals surface area (Å²) in [7, 11) is 0. The van der Waals surface area contributed by atoms with Gasteiger partial charge >= 0.3 is 11.9 Å². The molecular formula is C10H10O5. The highest BCUT2D eigenvalue weighted by atomic mass is 16.5. The Bertz CT molecular complexity index is 375. The van der Waals surface area contributed by atoms with E-state index in [1.54, 1.807) is 13.0 Å². The third-order valence-corrected chi connectivity index (χ3v) is 1.58. The standard InChI is InChI=1S/C10H10O5/c1-2-15-10(13)8(9(11)12)5-7-3-4-14-6-7/h3-6H,2H2,1H3,(H,11,12)/b8-5+. The molecule has 1 N–H and O–H groups in total. The maximum absolute atomic E-state index is 11.2. The molecule has 1 rings (SSSR count). The van der Waals surface area contributed by atoms with Gasteiger partial charge in [-0.3, -0.25) is 0 Å². The molecule has 0 aliphatic carbocycles. The number of carboxylic acids is 1. The molecule has 0 bridgehead atoms. The molecule has 0 unspecified atom stereocenters. The van der Waals surface area contributed by atoms with Crippen molar-refractivity contribution >= 4 is 18.0 Å². The molecule has 0 spiro atoms. The number of aliphatic carboxylic acids is 1. The quantitative estimate of drug-likeness (QED) is 0.351. The highest BCUT2D eigenvalue weighted by molar-refractivity contribution is 6.16. The lowest BCUT2D eigenvalue weighted by Gasteiger charge is -2.01. The van der Waals surface area contributed by atoms with E-state index in [2.05, 4.69) is 4.74 Å². The van der Waals surface area contributed by atoms with Gasteiger partial charge in [-0.15, -0.1) is 0 Å². The Morgan fingerprint density at radius 1 is 1.60 bits per heavy atom. The molecular weight excluding hydrogens is 200 g/mol. The molecule has 0 aromatic carbocycles. The van der Waals surface area contributed by atoms with Gasteiger partial charge in [-0.05, 0) is 19.1 Å². The summed E-state index contributed by atoms with van der Waals surface area (Å²) in [5.41, 5.74) is 0.0821. The van der Waals surface area contributed by atoms with Crippen LogP contribution in [0.25, 0.3) is 6.08 Å². The lowest BCUT2D eigenvalue weighted by molar-refractivity contribution is -0.143. The third-order valence-electron chi connectivity index (χ3n) is 1.58. The first-order chi connectivity index (χ1) is 7.15. The van der Waals surface area contributed by atoms with Gasteiger partial charge in [0.05, 0.1) is 19.1 Å². The minimum atomic E-state index is -1.32. The van der Waals surface area contributed by atoms with Gasteiger partial charge < -0.3 is 14.3 Å². The van der Waals surface area contributed by atoms with Crippen molar-refractivity contribution in [3.63, 3.8) is 0 Å². The predicted octanol–water partition coefficient (Wildman–Crippen LogP) is 1.31. The van der Waals surface area contributed by atoms with E-state index in [-0.39, 0.29) is 6.61 Å². The third kappa shape index (κ3) is 2.98. The monoisotopic (exact) mass is 210 g/mol. The zero-order valence-electron chi connectivity index (χ0n) is 8.10. The minimum absolute atomic E-state index is 0.134. The van der Waals surface area contributed by atoms with Crippen molar-refractivity contribution in [2.45, 2.75) is 6.92 Å². The number of ether oxygens (including phenoxy) is 1. The lowest BCUT2D eigenvalue weighted by atomic mass is 10.2. The smallest absolute Gasteiger partial charge is 0.345 e.